The standard InChI is InChI=1S/C17H22N2OS/c1-3-8-15(17-18-12-13-21-17)19-20-16(9-4-2)14-10-6-5-7-11-14/h3,5-7,10-13,15-16,19H,1,4,8-9H2,2H3/t15-,16-/m0/s1. The summed E-state index contributed by atoms with van der Waals surface area (Å²) in [5.41, 5.74) is 4.38. The Morgan fingerprint density at radius 3 is 2.81 bits per heavy atom. The molecule has 1 aromatic carbocycles. The van der Waals surface area contributed by atoms with Crippen LogP contribution >= 0.6 is 11.3 Å². The van der Waals surface area contributed by atoms with Crippen LogP contribution in [0.1, 0.15) is 48.9 Å². The van der Waals surface area contributed by atoms with Crippen LogP contribution in [-0.2, 0) is 4.84 Å². The molecule has 0 bridgehead atoms. The molecule has 0 fully saturated rings. The van der Waals surface area contributed by atoms with Gasteiger partial charge in [-0.15, -0.1) is 17.9 Å². The molecule has 2 rings (SSSR count). The summed E-state index contributed by atoms with van der Waals surface area (Å²) in [6, 6.07) is 10.4. The second-order valence-corrected chi connectivity index (χ2v) is 5.80. The van der Waals surface area contributed by atoms with Crippen molar-refractivity contribution in [2.45, 2.75) is 38.3 Å². The highest BCUT2D eigenvalue weighted by atomic mass is 32.1. The monoisotopic (exact) mass is 302 g/mol. The predicted octanol–water partition coefficient (Wildman–Crippen LogP) is 4.82. The molecular weight excluding hydrogens is 280 g/mol. The van der Waals surface area contributed by atoms with Gasteiger partial charge in [0.1, 0.15) is 11.1 Å². The molecule has 0 spiro atoms. The van der Waals surface area contributed by atoms with E-state index in [4.69, 9.17) is 4.84 Å². The van der Waals surface area contributed by atoms with Crippen LogP contribution in [0, 0.1) is 0 Å². The smallest absolute Gasteiger partial charge is 0.112 e. The second-order valence-electron chi connectivity index (χ2n) is 4.87. The number of aromatic nitrogens is 1. The molecule has 3 nitrogen and oxygen atoms in total. The van der Waals surface area contributed by atoms with Crippen molar-refractivity contribution in [2.75, 3.05) is 0 Å². The van der Waals surface area contributed by atoms with Crippen molar-refractivity contribution in [2.24, 2.45) is 0 Å². The Hall–Kier alpha value is -1.49. The Morgan fingerprint density at radius 2 is 2.19 bits per heavy atom. The van der Waals surface area contributed by atoms with E-state index in [9.17, 15) is 0 Å². The molecule has 0 saturated heterocycles. The minimum Gasteiger partial charge on any atom is -0.293 e. The highest BCUT2D eigenvalue weighted by Crippen LogP contribution is 2.25. The third kappa shape index (κ3) is 4.77. The summed E-state index contributed by atoms with van der Waals surface area (Å²) in [7, 11) is 0. The van der Waals surface area contributed by atoms with E-state index in [1.165, 1.54) is 5.56 Å². The lowest BCUT2D eigenvalue weighted by molar-refractivity contribution is -0.0503. The van der Waals surface area contributed by atoms with Crippen molar-refractivity contribution in [3.8, 4) is 0 Å². The number of nitrogens with zero attached hydrogens (tertiary/aromatic N) is 1. The number of hydrogen-bond donors (Lipinski definition) is 1. The normalized spacial score (nSPS) is 13.8. The van der Waals surface area contributed by atoms with Gasteiger partial charge >= 0.3 is 0 Å². The average Bonchev–Trinajstić information content (AvgIpc) is 3.05. The van der Waals surface area contributed by atoms with E-state index in [0.29, 0.717) is 0 Å². The molecule has 0 unspecified atom stereocenters. The SMILES string of the molecule is C=CC[C@H](NO[C@@H](CCC)c1ccccc1)c1nccs1. The van der Waals surface area contributed by atoms with Gasteiger partial charge in [-0.05, 0) is 18.4 Å². The van der Waals surface area contributed by atoms with Crippen molar-refractivity contribution in [3.63, 3.8) is 0 Å². The summed E-state index contributed by atoms with van der Waals surface area (Å²) >= 11 is 1.63. The predicted molar refractivity (Wildman–Crippen MR) is 88.0 cm³/mol. The summed E-state index contributed by atoms with van der Waals surface area (Å²) in [5.74, 6) is 0. The molecule has 0 amide bonds. The van der Waals surface area contributed by atoms with Gasteiger partial charge in [0.2, 0.25) is 0 Å². The van der Waals surface area contributed by atoms with Gasteiger partial charge in [-0.25, -0.2) is 4.98 Å². The van der Waals surface area contributed by atoms with Gasteiger partial charge in [0, 0.05) is 11.6 Å². The molecule has 0 aliphatic carbocycles. The number of nitrogens with one attached hydrogen (secondary N) is 1. The minimum atomic E-state index is 0.0588. The highest BCUT2D eigenvalue weighted by Gasteiger charge is 2.17. The number of benzene rings is 1. The molecule has 0 saturated carbocycles. The fourth-order valence-electron chi connectivity index (χ4n) is 2.16. The molecule has 112 valence electrons. The maximum absolute atomic E-state index is 5.98. The van der Waals surface area contributed by atoms with Crippen LogP contribution in [0.15, 0.2) is 54.6 Å². The Balaban J connectivity index is 2.01. The third-order valence-electron chi connectivity index (χ3n) is 3.23. The van der Waals surface area contributed by atoms with Gasteiger partial charge in [-0.3, -0.25) is 4.84 Å². The summed E-state index contributed by atoms with van der Waals surface area (Å²) in [4.78, 5) is 10.3. The maximum atomic E-state index is 5.98. The first-order valence-corrected chi connectivity index (χ1v) is 8.19. The van der Waals surface area contributed by atoms with Crippen LogP contribution < -0.4 is 5.48 Å². The number of thiazole rings is 1. The zero-order chi connectivity index (χ0) is 14.9. The van der Waals surface area contributed by atoms with Gasteiger partial charge in [-0.1, -0.05) is 49.8 Å². The van der Waals surface area contributed by atoms with Crippen molar-refractivity contribution in [1.29, 1.82) is 0 Å². The fourth-order valence-corrected chi connectivity index (χ4v) is 2.85. The van der Waals surface area contributed by atoms with Crippen LogP contribution in [0.5, 0.6) is 0 Å². The summed E-state index contributed by atoms with van der Waals surface area (Å²) in [5, 5.41) is 3.01. The first-order chi connectivity index (χ1) is 10.3. The van der Waals surface area contributed by atoms with E-state index in [0.717, 1.165) is 24.3 Å². The highest BCUT2D eigenvalue weighted by molar-refractivity contribution is 7.09. The number of rotatable bonds is 9. The summed E-state index contributed by atoms with van der Waals surface area (Å²) in [6.45, 7) is 5.98. The van der Waals surface area contributed by atoms with Crippen molar-refractivity contribution in [1.82, 2.24) is 10.5 Å². The lowest BCUT2D eigenvalue weighted by atomic mass is 10.1. The molecular formula is C17H22N2OS. The fraction of sp³-hybridized carbons (Fsp3) is 0.353. The molecule has 1 N–H and O–H groups in total. The van der Waals surface area contributed by atoms with Crippen molar-refractivity contribution in [3.05, 3.63) is 65.1 Å². The van der Waals surface area contributed by atoms with Gasteiger partial charge < -0.3 is 0 Å². The number of hydrogen-bond acceptors (Lipinski definition) is 4. The molecule has 0 aliphatic heterocycles. The molecule has 1 heterocycles. The molecule has 21 heavy (non-hydrogen) atoms. The van der Waals surface area contributed by atoms with Crippen molar-refractivity contribution >= 4 is 11.3 Å². The van der Waals surface area contributed by atoms with Crippen LogP contribution in [0.25, 0.3) is 0 Å². The third-order valence-corrected chi connectivity index (χ3v) is 4.12. The van der Waals surface area contributed by atoms with Gasteiger partial charge in [0.25, 0.3) is 0 Å². The largest absolute Gasteiger partial charge is 0.293 e. The van der Waals surface area contributed by atoms with E-state index >= 15 is 0 Å². The first kappa shape index (κ1) is 15.9. The summed E-state index contributed by atoms with van der Waals surface area (Å²) < 4.78 is 0. The van der Waals surface area contributed by atoms with E-state index in [1.54, 1.807) is 11.3 Å². The minimum absolute atomic E-state index is 0.0588. The molecule has 2 aromatic rings. The average molecular weight is 302 g/mol. The second kappa shape index (κ2) is 8.72. The molecule has 1 aromatic heterocycles. The van der Waals surface area contributed by atoms with Crippen LogP contribution in [0.3, 0.4) is 0 Å². The Labute approximate surface area is 130 Å². The number of hydroxylamine groups is 1. The lowest BCUT2D eigenvalue weighted by Crippen LogP contribution is -2.24. The molecule has 0 aliphatic rings. The maximum Gasteiger partial charge on any atom is 0.112 e. The summed E-state index contributed by atoms with van der Waals surface area (Å²) in [6.07, 6.45) is 6.61. The van der Waals surface area contributed by atoms with Gasteiger partial charge in [0.05, 0.1) is 6.04 Å². The van der Waals surface area contributed by atoms with Crippen LogP contribution in [0.4, 0.5) is 0 Å². The van der Waals surface area contributed by atoms with Crippen LogP contribution in [-0.4, -0.2) is 4.98 Å². The first-order valence-electron chi connectivity index (χ1n) is 7.31. The topological polar surface area (TPSA) is 34.1 Å². The molecule has 2 atom stereocenters. The van der Waals surface area contributed by atoms with E-state index in [-0.39, 0.29) is 12.1 Å². The van der Waals surface area contributed by atoms with Gasteiger partial charge in [-0.2, -0.15) is 5.48 Å². The Morgan fingerprint density at radius 1 is 1.38 bits per heavy atom. The van der Waals surface area contributed by atoms with E-state index in [2.05, 4.69) is 36.1 Å². The van der Waals surface area contributed by atoms with Crippen LogP contribution in [0.2, 0.25) is 0 Å². The quantitative estimate of drug-likeness (QED) is 0.532. The van der Waals surface area contributed by atoms with Gasteiger partial charge in [0.15, 0.2) is 0 Å². The van der Waals surface area contributed by atoms with E-state index < -0.39 is 0 Å². The Kier molecular flexibility index (Phi) is 6.60. The van der Waals surface area contributed by atoms with Crippen molar-refractivity contribution < 1.29 is 4.84 Å². The Bertz CT molecular complexity index is 513. The molecule has 0 radical (unpaired) electrons. The molecule has 4 heteroatoms. The lowest BCUT2D eigenvalue weighted by Gasteiger charge is -2.21. The van der Waals surface area contributed by atoms with E-state index in [1.807, 2.05) is 35.9 Å². The zero-order valence-electron chi connectivity index (χ0n) is 12.4. The zero-order valence-corrected chi connectivity index (χ0v) is 13.2.